The van der Waals surface area contributed by atoms with E-state index in [1.54, 1.807) is 43.3 Å². The Morgan fingerprint density at radius 3 is 1.98 bits per heavy atom. The molecular weight excluding hydrogens is 562 g/mol. The molecule has 1 saturated heterocycles. The van der Waals surface area contributed by atoms with Gasteiger partial charge in [0.2, 0.25) is 0 Å². The van der Waals surface area contributed by atoms with Gasteiger partial charge in [-0.3, -0.25) is 4.90 Å². The first kappa shape index (κ1) is 36.8. The zero-order chi connectivity index (χ0) is 33.0. The highest BCUT2D eigenvalue weighted by Gasteiger charge is 2.15. The van der Waals surface area contributed by atoms with Crippen molar-refractivity contribution in [2.45, 2.75) is 46.3 Å². The molecule has 0 aromatic heterocycles. The number of aromatic hydroxyl groups is 1. The van der Waals surface area contributed by atoms with Crippen LogP contribution < -0.4 is 16.8 Å². The lowest BCUT2D eigenvalue weighted by molar-refractivity contribution is 0.0697. The molecule has 5 rings (SSSR count). The van der Waals surface area contributed by atoms with Gasteiger partial charge in [-0.2, -0.15) is 0 Å². The second-order valence-electron chi connectivity index (χ2n) is 10.9. The Morgan fingerprint density at radius 1 is 0.867 bits per heavy atom. The van der Waals surface area contributed by atoms with E-state index < -0.39 is 5.97 Å². The van der Waals surface area contributed by atoms with Crippen molar-refractivity contribution in [3.63, 3.8) is 0 Å². The van der Waals surface area contributed by atoms with Gasteiger partial charge < -0.3 is 32.4 Å². The fraction of sp³-hybridized carbons (Fsp3) is 0.297. The molecule has 240 valence electrons. The second kappa shape index (κ2) is 20.6. The average molecular weight is 612 g/mol. The van der Waals surface area contributed by atoms with Crippen molar-refractivity contribution in [3.8, 4) is 5.75 Å². The lowest BCUT2D eigenvalue weighted by Crippen LogP contribution is -2.48. The standard InChI is InChI=1S/C15H15NO.C12H18N2.C8H9NO2.C2H7N/c1-11(16)14-7-5-12(6-8-14)9-13-3-2-4-15(17)10-13;1-11-9-14(8-7-13-11)10-12-5-3-2-4-6-12;9-5-6-1-3-7(4-2-6)8(10)11;1-2-3/h2-8,10,16-17H,9H2,1H3;2-6,11,13H,7-10H2,1H3;1-4H,5,9H2,(H,10,11);2-3H2,1H3. The summed E-state index contributed by atoms with van der Waals surface area (Å²) in [7, 11) is 0. The maximum atomic E-state index is 10.4. The monoisotopic (exact) mass is 611 g/mol. The van der Waals surface area contributed by atoms with Gasteiger partial charge in [-0.05, 0) is 78.9 Å². The molecule has 0 spiro atoms. The number of piperazine rings is 1. The minimum Gasteiger partial charge on any atom is -0.508 e. The fourth-order valence-electron chi connectivity index (χ4n) is 4.56. The van der Waals surface area contributed by atoms with Gasteiger partial charge in [0.25, 0.3) is 0 Å². The molecule has 4 aromatic rings. The van der Waals surface area contributed by atoms with Crippen LogP contribution in [0.4, 0.5) is 0 Å². The summed E-state index contributed by atoms with van der Waals surface area (Å²) >= 11 is 0. The van der Waals surface area contributed by atoms with Crippen LogP contribution in [0, 0.1) is 5.41 Å². The van der Waals surface area contributed by atoms with E-state index in [9.17, 15) is 9.90 Å². The largest absolute Gasteiger partial charge is 0.508 e. The van der Waals surface area contributed by atoms with Crippen molar-refractivity contribution in [2.24, 2.45) is 11.5 Å². The van der Waals surface area contributed by atoms with E-state index in [0.29, 0.717) is 29.6 Å². The summed E-state index contributed by atoms with van der Waals surface area (Å²) in [5.41, 5.74) is 16.6. The second-order valence-corrected chi connectivity index (χ2v) is 10.9. The molecule has 1 aliphatic heterocycles. The molecule has 8 nitrogen and oxygen atoms in total. The first-order valence-electron chi connectivity index (χ1n) is 15.3. The van der Waals surface area contributed by atoms with Crippen LogP contribution in [0.25, 0.3) is 0 Å². The van der Waals surface area contributed by atoms with Crippen LogP contribution in [0.15, 0.2) is 103 Å². The summed E-state index contributed by atoms with van der Waals surface area (Å²) in [6.07, 6.45) is 0.797. The van der Waals surface area contributed by atoms with Gasteiger partial charge >= 0.3 is 5.97 Å². The van der Waals surface area contributed by atoms with Crippen molar-refractivity contribution in [3.05, 3.63) is 137 Å². The minimum absolute atomic E-state index is 0.294. The molecule has 1 heterocycles. The smallest absolute Gasteiger partial charge is 0.335 e. The molecule has 45 heavy (non-hydrogen) atoms. The van der Waals surface area contributed by atoms with Crippen molar-refractivity contribution >= 4 is 11.7 Å². The van der Waals surface area contributed by atoms with Crippen LogP contribution in [0.5, 0.6) is 5.75 Å². The number of rotatable bonds is 7. The molecule has 1 fully saturated rings. The van der Waals surface area contributed by atoms with E-state index in [1.165, 1.54) is 17.7 Å². The lowest BCUT2D eigenvalue weighted by Gasteiger charge is -2.31. The number of hydrogen-bond donors (Lipinski definition) is 6. The topological polar surface area (TPSA) is 149 Å². The van der Waals surface area contributed by atoms with Crippen LogP contribution in [-0.2, 0) is 19.5 Å². The highest BCUT2D eigenvalue weighted by atomic mass is 16.4. The van der Waals surface area contributed by atoms with Crippen LogP contribution in [0.1, 0.15) is 58.9 Å². The third kappa shape index (κ3) is 14.8. The summed E-state index contributed by atoms with van der Waals surface area (Å²) in [6, 6.07) is 33.1. The third-order valence-electron chi connectivity index (χ3n) is 6.84. The van der Waals surface area contributed by atoms with Crippen LogP contribution in [-0.4, -0.2) is 59.0 Å². The maximum Gasteiger partial charge on any atom is 0.335 e. The Kier molecular flexibility index (Phi) is 16.9. The van der Waals surface area contributed by atoms with E-state index in [-0.39, 0.29) is 0 Å². The number of nitrogens with two attached hydrogens (primary N) is 2. The molecule has 0 bridgehead atoms. The molecule has 0 aliphatic carbocycles. The van der Waals surface area contributed by atoms with Crippen LogP contribution >= 0.6 is 0 Å². The maximum absolute atomic E-state index is 10.4. The Labute approximate surface area is 268 Å². The molecule has 1 aliphatic rings. The summed E-state index contributed by atoms with van der Waals surface area (Å²) in [6.45, 7) is 11.7. The number of phenolic OH excluding ortho intramolecular Hbond substituents is 1. The number of nitrogens with one attached hydrogen (secondary N) is 2. The fourth-order valence-corrected chi connectivity index (χ4v) is 4.56. The minimum atomic E-state index is -0.909. The van der Waals surface area contributed by atoms with Crippen LogP contribution in [0.3, 0.4) is 0 Å². The van der Waals surface area contributed by atoms with Crippen molar-refractivity contribution < 1.29 is 15.0 Å². The van der Waals surface area contributed by atoms with E-state index >= 15 is 0 Å². The van der Waals surface area contributed by atoms with Gasteiger partial charge in [0.05, 0.1) is 5.56 Å². The Morgan fingerprint density at radius 2 is 1.44 bits per heavy atom. The molecule has 0 saturated carbocycles. The summed E-state index contributed by atoms with van der Waals surface area (Å²) in [5.74, 6) is -0.608. The highest BCUT2D eigenvalue weighted by molar-refractivity contribution is 5.96. The number of aromatic carboxylic acids is 1. The zero-order valence-electron chi connectivity index (χ0n) is 26.7. The van der Waals surface area contributed by atoms with Gasteiger partial charge in [0, 0.05) is 44.5 Å². The first-order chi connectivity index (χ1) is 21.6. The first-order valence-corrected chi connectivity index (χ1v) is 15.3. The summed E-state index contributed by atoms with van der Waals surface area (Å²) in [5, 5.41) is 28.9. The van der Waals surface area contributed by atoms with Crippen molar-refractivity contribution in [1.82, 2.24) is 10.2 Å². The number of hydrogen-bond acceptors (Lipinski definition) is 7. The highest BCUT2D eigenvalue weighted by Crippen LogP contribution is 2.16. The number of benzene rings is 4. The molecule has 1 unspecified atom stereocenters. The predicted molar refractivity (Wildman–Crippen MR) is 185 cm³/mol. The third-order valence-corrected chi connectivity index (χ3v) is 6.84. The van der Waals surface area contributed by atoms with Crippen molar-refractivity contribution in [1.29, 1.82) is 5.41 Å². The molecule has 1 atom stereocenters. The number of nitrogens with zero attached hydrogens (tertiary/aromatic N) is 1. The molecule has 4 aromatic carbocycles. The Bertz CT molecular complexity index is 1410. The molecular formula is C37H49N5O3. The molecule has 8 heteroatoms. The number of carboxylic acid groups (broad SMARTS) is 1. The van der Waals surface area contributed by atoms with Crippen LogP contribution in [0.2, 0.25) is 0 Å². The zero-order valence-corrected chi connectivity index (χ0v) is 26.7. The van der Waals surface area contributed by atoms with Gasteiger partial charge in [0.1, 0.15) is 5.75 Å². The van der Waals surface area contributed by atoms with Crippen molar-refractivity contribution in [2.75, 3.05) is 26.2 Å². The number of phenols is 1. The van der Waals surface area contributed by atoms with Gasteiger partial charge in [-0.25, -0.2) is 4.79 Å². The van der Waals surface area contributed by atoms with E-state index in [2.05, 4.69) is 47.5 Å². The number of carboxylic acids is 1. The molecule has 8 N–H and O–H groups in total. The SMILES string of the molecule is CC(=N)c1ccc(Cc2cccc(O)c2)cc1.CC1CN(Cc2ccccc2)CCN1.CCN.NCc1ccc(C(=O)O)cc1. The quantitative estimate of drug-likeness (QED) is 0.148. The normalized spacial score (nSPS) is 13.9. The van der Waals surface area contributed by atoms with E-state index in [0.717, 1.165) is 49.3 Å². The Hall–Kier alpha value is -4.34. The molecule has 0 amide bonds. The summed E-state index contributed by atoms with van der Waals surface area (Å²) < 4.78 is 0. The molecule has 0 radical (unpaired) electrons. The van der Waals surface area contributed by atoms with E-state index in [4.69, 9.17) is 22.0 Å². The van der Waals surface area contributed by atoms with E-state index in [1.807, 2.05) is 43.3 Å². The Balaban J connectivity index is 0.000000230. The van der Waals surface area contributed by atoms with Gasteiger partial charge in [-0.15, -0.1) is 0 Å². The predicted octanol–water partition coefficient (Wildman–Crippen LogP) is 5.66. The summed E-state index contributed by atoms with van der Waals surface area (Å²) in [4.78, 5) is 12.9. The average Bonchev–Trinajstić information content (AvgIpc) is 3.03. The van der Waals surface area contributed by atoms with Gasteiger partial charge in [-0.1, -0.05) is 85.8 Å². The lowest BCUT2D eigenvalue weighted by atomic mass is 10.0. The number of carbonyl (C=O) groups is 1. The van der Waals surface area contributed by atoms with Gasteiger partial charge in [0.15, 0.2) is 0 Å².